The van der Waals surface area contributed by atoms with E-state index in [1.807, 2.05) is 36.4 Å². The number of halogens is 1. The Morgan fingerprint density at radius 1 is 1.25 bits per heavy atom. The standard InChI is InChI=1S/C21H18BrN5O/c1-13(2)17-10-16(22)9-8-15(17)12-24-27-21-25-19(14-6-4-3-5-7-14)18(11-23)20(28)26-21/h3-10,12-13H,1-2H3,(H2,25,26,27,28). The van der Waals surface area contributed by atoms with Crippen molar-refractivity contribution in [1.82, 2.24) is 9.97 Å². The highest BCUT2D eigenvalue weighted by atomic mass is 79.9. The van der Waals surface area contributed by atoms with Crippen molar-refractivity contribution in [2.75, 3.05) is 5.43 Å². The van der Waals surface area contributed by atoms with Crippen LogP contribution in [0.25, 0.3) is 11.3 Å². The van der Waals surface area contributed by atoms with Crippen LogP contribution in [-0.4, -0.2) is 16.2 Å². The van der Waals surface area contributed by atoms with Crippen LogP contribution in [0, 0.1) is 11.3 Å². The van der Waals surface area contributed by atoms with Gasteiger partial charge in [-0.2, -0.15) is 10.4 Å². The molecule has 0 aliphatic carbocycles. The van der Waals surface area contributed by atoms with E-state index in [-0.39, 0.29) is 11.5 Å². The van der Waals surface area contributed by atoms with Crippen molar-refractivity contribution in [2.45, 2.75) is 19.8 Å². The van der Waals surface area contributed by atoms with Gasteiger partial charge in [0.05, 0.1) is 11.9 Å². The maximum absolute atomic E-state index is 12.3. The van der Waals surface area contributed by atoms with E-state index in [4.69, 9.17) is 0 Å². The molecular formula is C21H18BrN5O. The molecule has 1 aromatic heterocycles. The largest absolute Gasteiger partial charge is 0.290 e. The molecule has 0 aliphatic rings. The number of nitrogens with zero attached hydrogens (tertiary/aromatic N) is 3. The summed E-state index contributed by atoms with van der Waals surface area (Å²) < 4.78 is 1.01. The fourth-order valence-corrected chi connectivity index (χ4v) is 3.14. The maximum Gasteiger partial charge on any atom is 0.270 e. The Bertz CT molecular complexity index is 1110. The van der Waals surface area contributed by atoms with Gasteiger partial charge in [-0.3, -0.25) is 9.78 Å². The van der Waals surface area contributed by atoms with Crippen LogP contribution in [0.4, 0.5) is 5.95 Å². The van der Waals surface area contributed by atoms with Crippen LogP contribution < -0.4 is 11.0 Å². The molecule has 0 saturated heterocycles. The maximum atomic E-state index is 12.3. The minimum Gasteiger partial charge on any atom is -0.290 e. The third-order valence-corrected chi connectivity index (χ3v) is 4.62. The molecule has 0 amide bonds. The number of nitriles is 1. The van der Waals surface area contributed by atoms with Crippen LogP contribution in [0.3, 0.4) is 0 Å². The predicted molar refractivity (Wildman–Crippen MR) is 114 cm³/mol. The van der Waals surface area contributed by atoms with Crippen LogP contribution in [0.1, 0.15) is 36.5 Å². The van der Waals surface area contributed by atoms with Crippen molar-refractivity contribution >= 4 is 28.1 Å². The van der Waals surface area contributed by atoms with E-state index in [0.717, 1.165) is 15.6 Å². The summed E-state index contributed by atoms with van der Waals surface area (Å²) in [4.78, 5) is 19.2. The van der Waals surface area contributed by atoms with E-state index in [1.54, 1.807) is 18.3 Å². The van der Waals surface area contributed by atoms with Crippen molar-refractivity contribution in [1.29, 1.82) is 5.26 Å². The first kappa shape index (κ1) is 19.5. The zero-order valence-corrected chi connectivity index (χ0v) is 17.0. The first-order valence-corrected chi connectivity index (χ1v) is 9.47. The van der Waals surface area contributed by atoms with Gasteiger partial charge in [-0.25, -0.2) is 10.4 Å². The molecule has 0 atom stereocenters. The van der Waals surface area contributed by atoms with Gasteiger partial charge in [0.2, 0.25) is 5.95 Å². The lowest BCUT2D eigenvalue weighted by Crippen LogP contribution is -2.16. The van der Waals surface area contributed by atoms with Crippen molar-refractivity contribution in [3.8, 4) is 17.3 Å². The first-order chi connectivity index (χ1) is 13.5. The van der Waals surface area contributed by atoms with Crippen LogP contribution in [-0.2, 0) is 0 Å². The van der Waals surface area contributed by atoms with Gasteiger partial charge < -0.3 is 0 Å². The molecule has 0 aliphatic heterocycles. The van der Waals surface area contributed by atoms with Gasteiger partial charge in [0.1, 0.15) is 11.6 Å². The molecule has 0 saturated carbocycles. The summed E-state index contributed by atoms with van der Waals surface area (Å²) in [5.74, 6) is 0.499. The highest BCUT2D eigenvalue weighted by Crippen LogP contribution is 2.23. The van der Waals surface area contributed by atoms with Gasteiger partial charge in [-0.1, -0.05) is 66.2 Å². The van der Waals surface area contributed by atoms with Gasteiger partial charge in [0.25, 0.3) is 5.56 Å². The Kier molecular flexibility index (Phi) is 6.02. The van der Waals surface area contributed by atoms with E-state index in [0.29, 0.717) is 17.2 Å². The molecule has 2 aromatic carbocycles. The number of aromatic amines is 1. The molecule has 0 radical (unpaired) electrons. The van der Waals surface area contributed by atoms with Crippen LogP contribution in [0.2, 0.25) is 0 Å². The number of nitrogens with one attached hydrogen (secondary N) is 2. The van der Waals surface area contributed by atoms with E-state index >= 15 is 0 Å². The zero-order valence-electron chi connectivity index (χ0n) is 15.4. The van der Waals surface area contributed by atoms with E-state index in [1.165, 1.54) is 0 Å². The summed E-state index contributed by atoms with van der Waals surface area (Å²) in [6, 6.07) is 17.0. The summed E-state index contributed by atoms with van der Waals surface area (Å²) in [5, 5.41) is 13.5. The number of aromatic nitrogens is 2. The highest BCUT2D eigenvalue weighted by molar-refractivity contribution is 9.10. The summed E-state index contributed by atoms with van der Waals surface area (Å²) in [6.07, 6.45) is 1.68. The van der Waals surface area contributed by atoms with Crippen LogP contribution in [0.5, 0.6) is 0 Å². The molecular weight excluding hydrogens is 418 g/mol. The highest BCUT2D eigenvalue weighted by Gasteiger charge is 2.13. The van der Waals surface area contributed by atoms with Gasteiger partial charge in [-0.15, -0.1) is 0 Å². The van der Waals surface area contributed by atoms with Gasteiger partial charge >= 0.3 is 0 Å². The Morgan fingerprint density at radius 2 is 2.00 bits per heavy atom. The van der Waals surface area contributed by atoms with Crippen LogP contribution in [0.15, 0.2) is 62.9 Å². The number of benzene rings is 2. The normalized spacial score (nSPS) is 11.0. The van der Waals surface area contributed by atoms with Gasteiger partial charge in [-0.05, 0) is 29.2 Å². The quantitative estimate of drug-likeness (QED) is 0.450. The van der Waals surface area contributed by atoms with E-state index in [2.05, 4.69) is 56.3 Å². The lowest BCUT2D eigenvalue weighted by atomic mass is 9.98. The van der Waals surface area contributed by atoms with Gasteiger partial charge in [0, 0.05) is 10.0 Å². The average molecular weight is 436 g/mol. The summed E-state index contributed by atoms with van der Waals surface area (Å²) in [7, 11) is 0. The van der Waals surface area contributed by atoms with Crippen molar-refractivity contribution < 1.29 is 0 Å². The second kappa shape index (κ2) is 8.63. The number of hydrazone groups is 1. The molecule has 1 heterocycles. The average Bonchev–Trinajstić information content (AvgIpc) is 2.69. The monoisotopic (exact) mass is 435 g/mol. The second-order valence-corrected chi connectivity index (χ2v) is 7.33. The lowest BCUT2D eigenvalue weighted by molar-refractivity contribution is 0.863. The predicted octanol–water partition coefficient (Wildman–Crippen LogP) is 4.64. The topological polar surface area (TPSA) is 93.9 Å². The minimum absolute atomic E-state index is 0.0317. The van der Waals surface area contributed by atoms with Crippen LogP contribution >= 0.6 is 15.9 Å². The number of hydrogen-bond donors (Lipinski definition) is 2. The summed E-state index contributed by atoms with van der Waals surface area (Å²) >= 11 is 3.48. The number of anilines is 1. The molecule has 7 heteroatoms. The van der Waals surface area contributed by atoms with Crippen molar-refractivity contribution in [2.24, 2.45) is 5.10 Å². The van der Waals surface area contributed by atoms with Crippen molar-refractivity contribution in [3.63, 3.8) is 0 Å². The molecule has 3 aromatic rings. The molecule has 140 valence electrons. The Balaban J connectivity index is 1.92. The third-order valence-electron chi connectivity index (χ3n) is 4.12. The summed E-state index contributed by atoms with van der Waals surface area (Å²) in [5.41, 5.74) is 5.32. The first-order valence-electron chi connectivity index (χ1n) is 8.68. The fraction of sp³-hybridized carbons (Fsp3) is 0.143. The Labute approximate surface area is 171 Å². The molecule has 0 spiro atoms. The SMILES string of the molecule is CC(C)c1cc(Br)ccc1C=NNc1nc(-c2ccccc2)c(C#N)c(=O)[nH]1. The lowest BCUT2D eigenvalue weighted by Gasteiger charge is -2.10. The molecule has 0 fully saturated rings. The van der Waals surface area contributed by atoms with E-state index < -0.39 is 5.56 Å². The number of rotatable bonds is 5. The van der Waals surface area contributed by atoms with Gasteiger partial charge in [0.15, 0.2) is 0 Å². The Hall–Kier alpha value is -3.24. The molecule has 0 bridgehead atoms. The van der Waals surface area contributed by atoms with E-state index in [9.17, 15) is 10.1 Å². The molecule has 28 heavy (non-hydrogen) atoms. The molecule has 3 rings (SSSR count). The fourth-order valence-electron chi connectivity index (χ4n) is 2.76. The smallest absolute Gasteiger partial charge is 0.270 e. The Morgan fingerprint density at radius 3 is 2.68 bits per heavy atom. The number of H-pyrrole nitrogens is 1. The summed E-state index contributed by atoms with van der Waals surface area (Å²) in [6.45, 7) is 4.22. The van der Waals surface area contributed by atoms with Crippen molar-refractivity contribution in [3.05, 3.63) is 80.0 Å². The molecule has 2 N–H and O–H groups in total. The molecule has 6 nitrogen and oxygen atoms in total. The minimum atomic E-state index is -0.513. The molecule has 0 unspecified atom stereocenters. The second-order valence-electron chi connectivity index (χ2n) is 6.41. The number of hydrogen-bond acceptors (Lipinski definition) is 5. The zero-order chi connectivity index (χ0) is 20.1. The third kappa shape index (κ3) is 4.35.